The summed E-state index contributed by atoms with van der Waals surface area (Å²) in [7, 11) is 0. The van der Waals surface area contributed by atoms with Gasteiger partial charge in [0.1, 0.15) is 5.78 Å². The van der Waals surface area contributed by atoms with E-state index in [1.807, 2.05) is 0 Å². The first-order chi connectivity index (χ1) is 7.97. The molecule has 0 aliphatic rings. The Balaban J connectivity index is 4.47. The second-order valence-electron chi connectivity index (χ2n) is 5.68. The van der Waals surface area contributed by atoms with E-state index in [4.69, 9.17) is 5.73 Å². The number of hydrogen-bond acceptors (Lipinski definition) is 2. The Kier molecular flexibility index (Phi) is 8.49. The lowest BCUT2D eigenvalue weighted by atomic mass is 9.75. The molecule has 0 aromatic heterocycles. The fraction of sp³-hybridized carbons (Fsp3) is 0.933. The van der Waals surface area contributed by atoms with Gasteiger partial charge in [0, 0.05) is 5.92 Å². The Morgan fingerprint density at radius 1 is 1.06 bits per heavy atom. The van der Waals surface area contributed by atoms with Crippen LogP contribution in [0.4, 0.5) is 0 Å². The van der Waals surface area contributed by atoms with Crippen molar-refractivity contribution in [2.24, 2.45) is 29.4 Å². The molecular formula is C15H31NO. The SMILES string of the molecule is CCC(CCC(C)C)C(C)C(CC)C(=O)CN. The molecule has 0 spiro atoms. The van der Waals surface area contributed by atoms with E-state index in [2.05, 4.69) is 34.6 Å². The van der Waals surface area contributed by atoms with Crippen LogP contribution in [0.15, 0.2) is 0 Å². The highest BCUT2D eigenvalue weighted by molar-refractivity contribution is 5.82. The summed E-state index contributed by atoms with van der Waals surface area (Å²) in [5, 5.41) is 0. The molecule has 3 unspecified atom stereocenters. The van der Waals surface area contributed by atoms with E-state index in [-0.39, 0.29) is 18.2 Å². The first kappa shape index (κ1) is 16.6. The average Bonchev–Trinajstić information content (AvgIpc) is 2.30. The molecule has 0 rings (SSSR count). The van der Waals surface area contributed by atoms with Crippen LogP contribution in [0.5, 0.6) is 0 Å². The molecule has 0 aliphatic heterocycles. The molecule has 2 heteroatoms. The summed E-state index contributed by atoms with van der Waals surface area (Å²) in [6.07, 6.45) is 4.59. The molecule has 2 N–H and O–H groups in total. The van der Waals surface area contributed by atoms with Crippen LogP contribution in [0.25, 0.3) is 0 Å². The number of rotatable bonds is 9. The van der Waals surface area contributed by atoms with Gasteiger partial charge in [-0.3, -0.25) is 4.79 Å². The van der Waals surface area contributed by atoms with Gasteiger partial charge in [0.15, 0.2) is 0 Å². The summed E-state index contributed by atoms with van der Waals surface area (Å²) in [6.45, 7) is 11.3. The largest absolute Gasteiger partial charge is 0.324 e. The van der Waals surface area contributed by atoms with Crippen LogP contribution in [0.1, 0.15) is 60.3 Å². The minimum Gasteiger partial charge on any atom is -0.324 e. The third-order valence-corrected chi connectivity index (χ3v) is 4.07. The summed E-state index contributed by atoms with van der Waals surface area (Å²) in [6, 6.07) is 0. The minimum atomic E-state index is 0.164. The van der Waals surface area contributed by atoms with Gasteiger partial charge in [-0.15, -0.1) is 0 Å². The van der Waals surface area contributed by atoms with Crippen molar-refractivity contribution in [1.29, 1.82) is 0 Å². The Morgan fingerprint density at radius 2 is 1.65 bits per heavy atom. The Hall–Kier alpha value is -0.370. The number of Topliss-reactive ketones (excluding diaryl/α,β-unsaturated/α-hetero) is 1. The summed E-state index contributed by atoms with van der Waals surface area (Å²) in [4.78, 5) is 11.8. The van der Waals surface area contributed by atoms with E-state index < -0.39 is 0 Å². The number of carbonyl (C=O) groups excluding carboxylic acids is 1. The lowest BCUT2D eigenvalue weighted by Gasteiger charge is -2.29. The number of hydrogen-bond donors (Lipinski definition) is 1. The summed E-state index contributed by atoms with van der Waals surface area (Å²) >= 11 is 0. The van der Waals surface area contributed by atoms with Crippen LogP contribution in [0.3, 0.4) is 0 Å². The molecule has 0 fully saturated rings. The summed E-state index contributed by atoms with van der Waals surface area (Å²) < 4.78 is 0. The third-order valence-electron chi connectivity index (χ3n) is 4.07. The van der Waals surface area contributed by atoms with E-state index >= 15 is 0 Å². The van der Waals surface area contributed by atoms with Crippen molar-refractivity contribution < 1.29 is 4.79 Å². The molecule has 102 valence electrons. The van der Waals surface area contributed by atoms with Crippen LogP contribution >= 0.6 is 0 Å². The lowest BCUT2D eigenvalue weighted by molar-refractivity contribution is -0.123. The summed E-state index contributed by atoms with van der Waals surface area (Å²) in [5.74, 6) is 2.29. The van der Waals surface area contributed by atoms with Crippen LogP contribution in [-0.4, -0.2) is 12.3 Å². The molecule has 0 aromatic rings. The lowest BCUT2D eigenvalue weighted by Crippen LogP contribution is -2.31. The standard InChI is InChI=1S/C15H31NO/c1-6-13(9-8-11(3)4)12(5)14(7-2)15(17)10-16/h11-14H,6-10,16H2,1-5H3. The molecule has 3 atom stereocenters. The van der Waals surface area contributed by atoms with Gasteiger partial charge in [0.2, 0.25) is 0 Å². The van der Waals surface area contributed by atoms with E-state index in [0.717, 1.165) is 12.3 Å². The third kappa shape index (κ3) is 5.67. The van der Waals surface area contributed by atoms with Gasteiger partial charge in [-0.05, 0) is 30.6 Å². The zero-order valence-electron chi connectivity index (χ0n) is 12.3. The summed E-state index contributed by atoms with van der Waals surface area (Å²) in [5.41, 5.74) is 5.50. The molecular weight excluding hydrogens is 210 g/mol. The number of ketones is 1. The van der Waals surface area contributed by atoms with Gasteiger partial charge in [-0.2, -0.15) is 0 Å². The van der Waals surface area contributed by atoms with Crippen LogP contribution in [-0.2, 0) is 4.79 Å². The second-order valence-corrected chi connectivity index (χ2v) is 5.68. The van der Waals surface area contributed by atoms with Crippen molar-refractivity contribution in [1.82, 2.24) is 0 Å². The Morgan fingerprint density at radius 3 is 2.00 bits per heavy atom. The van der Waals surface area contributed by atoms with Gasteiger partial charge < -0.3 is 5.73 Å². The second kappa shape index (κ2) is 8.68. The van der Waals surface area contributed by atoms with Gasteiger partial charge in [-0.25, -0.2) is 0 Å². The fourth-order valence-electron chi connectivity index (χ4n) is 2.76. The van der Waals surface area contributed by atoms with Gasteiger partial charge in [-0.1, -0.05) is 47.5 Å². The maximum Gasteiger partial charge on any atom is 0.149 e. The van der Waals surface area contributed by atoms with E-state index in [0.29, 0.717) is 11.8 Å². The molecule has 0 amide bonds. The van der Waals surface area contributed by atoms with Crippen molar-refractivity contribution in [3.8, 4) is 0 Å². The zero-order chi connectivity index (χ0) is 13.4. The maximum atomic E-state index is 11.8. The van der Waals surface area contributed by atoms with Crippen LogP contribution < -0.4 is 5.73 Å². The minimum absolute atomic E-state index is 0.164. The smallest absolute Gasteiger partial charge is 0.149 e. The van der Waals surface area contributed by atoms with E-state index in [1.54, 1.807) is 0 Å². The van der Waals surface area contributed by atoms with Crippen molar-refractivity contribution in [3.05, 3.63) is 0 Å². The van der Waals surface area contributed by atoms with E-state index in [1.165, 1.54) is 19.3 Å². The molecule has 0 bridgehead atoms. The van der Waals surface area contributed by atoms with Crippen LogP contribution in [0, 0.1) is 23.7 Å². The number of nitrogens with two attached hydrogens (primary N) is 1. The van der Waals surface area contributed by atoms with Crippen molar-refractivity contribution in [2.75, 3.05) is 6.54 Å². The van der Waals surface area contributed by atoms with Gasteiger partial charge >= 0.3 is 0 Å². The molecule has 0 saturated heterocycles. The van der Waals surface area contributed by atoms with Crippen molar-refractivity contribution in [3.63, 3.8) is 0 Å². The molecule has 0 heterocycles. The molecule has 2 nitrogen and oxygen atoms in total. The van der Waals surface area contributed by atoms with Crippen LogP contribution in [0.2, 0.25) is 0 Å². The quantitative estimate of drug-likeness (QED) is 0.669. The Labute approximate surface area is 107 Å². The highest BCUT2D eigenvalue weighted by Gasteiger charge is 2.27. The highest BCUT2D eigenvalue weighted by atomic mass is 16.1. The number of carbonyl (C=O) groups is 1. The Bertz CT molecular complexity index is 213. The molecule has 17 heavy (non-hydrogen) atoms. The molecule has 0 aromatic carbocycles. The van der Waals surface area contributed by atoms with Crippen molar-refractivity contribution >= 4 is 5.78 Å². The van der Waals surface area contributed by atoms with E-state index in [9.17, 15) is 4.79 Å². The first-order valence-corrected chi connectivity index (χ1v) is 7.20. The average molecular weight is 241 g/mol. The maximum absolute atomic E-state index is 11.8. The molecule has 0 saturated carbocycles. The molecule has 0 aliphatic carbocycles. The van der Waals surface area contributed by atoms with Gasteiger partial charge in [0.25, 0.3) is 0 Å². The monoisotopic (exact) mass is 241 g/mol. The predicted molar refractivity (Wildman–Crippen MR) is 74.9 cm³/mol. The van der Waals surface area contributed by atoms with Crippen molar-refractivity contribution in [2.45, 2.75) is 60.3 Å². The normalized spacial score (nSPS) is 16.9. The molecule has 0 radical (unpaired) electrons. The zero-order valence-corrected chi connectivity index (χ0v) is 12.3. The topological polar surface area (TPSA) is 43.1 Å². The van der Waals surface area contributed by atoms with Gasteiger partial charge in [0.05, 0.1) is 6.54 Å². The predicted octanol–water partition coefficient (Wildman–Crippen LogP) is 3.64. The fourth-order valence-corrected chi connectivity index (χ4v) is 2.76. The first-order valence-electron chi connectivity index (χ1n) is 7.20. The highest BCUT2D eigenvalue weighted by Crippen LogP contribution is 2.31.